The van der Waals surface area contributed by atoms with Crippen molar-refractivity contribution in [3.05, 3.63) is 52.2 Å². The molecule has 1 heterocycles. The molecule has 0 bridgehead atoms. The average Bonchev–Trinajstić information content (AvgIpc) is 2.93. The summed E-state index contributed by atoms with van der Waals surface area (Å²) in [4.78, 5) is 1.16. The highest BCUT2D eigenvalue weighted by Crippen LogP contribution is 2.26. The summed E-state index contributed by atoms with van der Waals surface area (Å²) in [5, 5.41) is 2.04. The van der Waals surface area contributed by atoms with Crippen molar-refractivity contribution in [2.24, 2.45) is 5.73 Å². The number of thiophene rings is 1. The first-order valence-electron chi connectivity index (χ1n) is 6.24. The third-order valence-electron chi connectivity index (χ3n) is 2.86. The summed E-state index contributed by atoms with van der Waals surface area (Å²) in [6, 6.07) is 11.9. The fourth-order valence-corrected chi connectivity index (χ4v) is 2.78. The molecule has 0 aliphatic rings. The molecular weight excluding hydrogens is 258 g/mol. The van der Waals surface area contributed by atoms with Crippen molar-refractivity contribution < 1.29 is 9.47 Å². The van der Waals surface area contributed by atoms with Crippen molar-refractivity contribution in [3.8, 4) is 5.75 Å². The van der Waals surface area contributed by atoms with Crippen LogP contribution in [0, 0.1) is 0 Å². The number of hydrogen-bond acceptors (Lipinski definition) is 4. The molecule has 4 heteroatoms. The Morgan fingerprint density at radius 3 is 2.74 bits per heavy atom. The Hall–Kier alpha value is -1.36. The summed E-state index contributed by atoms with van der Waals surface area (Å²) in [6.07, 6.45) is -0.0637. The summed E-state index contributed by atoms with van der Waals surface area (Å²) in [6.45, 7) is 2.50. The molecule has 2 atom stereocenters. The van der Waals surface area contributed by atoms with E-state index < -0.39 is 0 Å². The molecule has 0 radical (unpaired) electrons. The van der Waals surface area contributed by atoms with Gasteiger partial charge in [-0.3, -0.25) is 0 Å². The second-order valence-electron chi connectivity index (χ2n) is 4.46. The minimum Gasteiger partial charge on any atom is -0.497 e. The van der Waals surface area contributed by atoms with Gasteiger partial charge in [0.2, 0.25) is 0 Å². The molecule has 2 aromatic rings. The fourth-order valence-electron chi connectivity index (χ4n) is 1.89. The first-order valence-corrected chi connectivity index (χ1v) is 7.12. The third kappa shape index (κ3) is 3.80. The number of ether oxygens (including phenoxy) is 2. The first kappa shape index (κ1) is 14.1. The van der Waals surface area contributed by atoms with Gasteiger partial charge >= 0.3 is 0 Å². The molecule has 1 aromatic heterocycles. The lowest BCUT2D eigenvalue weighted by Gasteiger charge is -2.20. The Balaban J connectivity index is 2.02. The Bertz CT molecular complexity index is 497. The lowest BCUT2D eigenvalue weighted by molar-refractivity contribution is 0.0282. The SMILES string of the molecule is COc1cccc(COC(c2cccs2)C(C)N)c1. The van der Waals surface area contributed by atoms with E-state index >= 15 is 0 Å². The van der Waals surface area contributed by atoms with Gasteiger partial charge in [-0.15, -0.1) is 11.3 Å². The van der Waals surface area contributed by atoms with Gasteiger partial charge in [-0.1, -0.05) is 18.2 Å². The maximum absolute atomic E-state index is 6.01. The molecule has 0 amide bonds. The number of benzene rings is 1. The topological polar surface area (TPSA) is 44.5 Å². The maximum atomic E-state index is 6.01. The molecule has 0 aliphatic carbocycles. The molecule has 2 rings (SSSR count). The molecule has 3 nitrogen and oxygen atoms in total. The summed E-state index contributed by atoms with van der Waals surface area (Å²) in [5.74, 6) is 0.842. The lowest BCUT2D eigenvalue weighted by Crippen LogP contribution is -2.26. The van der Waals surface area contributed by atoms with Crippen LogP contribution in [0.2, 0.25) is 0 Å². The van der Waals surface area contributed by atoms with Crippen LogP contribution >= 0.6 is 11.3 Å². The molecule has 102 valence electrons. The monoisotopic (exact) mass is 277 g/mol. The van der Waals surface area contributed by atoms with Gasteiger partial charge in [0, 0.05) is 10.9 Å². The van der Waals surface area contributed by atoms with Crippen molar-refractivity contribution in [1.29, 1.82) is 0 Å². The van der Waals surface area contributed by atoms with E-state index in [4.69, 9.17) is 15.2 Å². The van der Waals surface area contributed by atoms with Gasteiger partial charge in [0.05, 0.1) is 13.7 Å². The molecule has 0 saturated carbocycles. The predicted molar refractivity (Wildman–Crippen MR) is 78.5 cm³/mol. The van der Waals surface area contributed by atoms with Crippen LogP contribution in [0.15, 0.2) is 41.8 Å². The maximum Gasteiger partial charge on any atom is 0.119 e. The van der Waals surface area contributed by atoms with E-state index in [-0.39, 0.29) is 12.1 Å². The molecular formula is C15H19NO2S. The van der Waals surface area contributed by atoms with Crippen molar-refractivity contribution in [2.75, 3.05) is 7.11 Å². The van der Waals surface area contributed by atoms with Crippen molar-refractivity contribution >= 4 is 11.3 Å². The first-order chi connectivity index (χ1) is 9.20. The molecule has 0 fully saturated rings. The number of nitrogens with two attached hydrogens (primary N) is 1. The van der Waals surface area contributed by atoms with E-state index in [9.17, 15) is 0 Å². The van der Waals surface area contributed by atoms with Crippen LogP contribution in [-0.2, 0) is 11.3 Å². The van der Waals surface area contributed by atoms with E-state index in [0.29, 0.717) is 6.61 Å². The highest BCUT2D eigenvalue weighted by atomic mass is 32.1. The Labute approximate surface area is 118 Å². The number of rotatable bonds is 6. The predicted octanol–water partition coefficient (Wildman–Crippen LogP) is 3.36. The number of methoxy groups -OCH3 is 1. The molecule has 0 spiro atoms. The third-order valence-corrected chi connectivity index (χ3v) is 3.80. The van der Waals surface area contributed by atoms with Crippen LogP contribution in [0.3, 0.4) is 0 Å². The summed E-state index contributed by atoms with van der Waals surface area (Å²) < 4.78 is 11.2. The van der Waals surface area contributed by atoms with Gasteiger partial charge in [-0.25, -0.2) is 0 Å². The highest BCUT2D eigenvalue weighted by molar-refractivity contribution is 7.10. The average molecular weight is 277 g/mol. The van der Waals surface area contributed by atoms with Crippen molar-refractivity contribution in [3.63, 3.8) is 0 Å². The smallest absolute Gasteiger partial charge is 0.119 e. The van der Waals surface area contributed by atoms with Gasteiger partial charge in [-0.2, -0.15) is 0 Å². The van der Waals surface area contributed by atoms with Gasteiger partial charge < -0.3 is 15.2 Å². The zero-order chi connectivity index (χ0) is 13.7. The zero-order valence-electron chi connectivity index (χ0n) is 11.2. The van der Waals surface area contributed by atoms with E-state index in [1.807, 2.05) is 42.6 Å². The Kier molecular flexibility index (Phi) is 4.96. The Morgan fingerprint density at radius 2 is 2.11 bits per heavy atom. The summed E-state index contributed by atoms with van der Waals surface area (Å²) in [5.41, 5.74) is 7.09. The Morgan fingerprint density at radius 1 is 1.26 bits per heavy atom. The summed E-state index contributed by atoms with van der Waals surface area (Å²) >= 11 is 1.67. The van der Waals surface area contributed by atoms with Crippen LogP contribution < -0.4 is 10.5 Å². The summed E-state index contributed by atoms with van der Waals surface area (Å²) in [7, 11) is 1.66. The molecule has 0 aliphatic heterocycles. The molecule has 2 N–H and O–H groups in total. The largest absolute Gasteiger partial charge is 0.497 e. The van der Waals surface area contributed by atoms with Gasteiger partial charge in [-0.05, 0) is 36.1 Å². The van der Waals surface area contributed by atoms with Gasteiger partial charge in [0.25, 0.3) is 0 Å². The van der Waals surface area contributed by atoms with Crippen LogP contribution in [0.1, 0.15) is 23.5 Å². The van der Waals surface area contributed by atoms with E-state index in [1.165, 1.54) is 0 Å². The van der Waals surface area contributed by atoms with Gasteiger partial charge in [0.1, 0.15) is 11.9 Å². The van der Waals surface area contributed by atoms with E-state index in [0.717, 1.165) is 16.2 Å². The molecule has 1 aromatic carbocycles. The normalized spacial score (nSPS) is 14.1. The van der Waals surface area contributed by atoms with E-state index in [1.54, 1.807) is 18.4 Å². The minimum absolute atomic E-state index is 0.0377. The van der Waals surface area contributed by atoms with Crippen LogP contribution in [0.5, 0.6) is 5.75 Å². The molecule has 2 unspecified atom stereocenters. The molecule has 19 heavy (non-hydrogen) atoms. The minimum atomic E-state index is -0.0637. The highest BCUT2D eigenvalue weighted by Gasteiger charge is 2.17. The second kappa shape index (κ2) is 6.70. The molecule has 0 saturated heterocycles. The fraction of sp³-hybridized carbons (Fsp3) is 0.333. The zero-order valence-corrected chi connectivity index (χ0v) is 12.0. The lowest BCUT2D eigenvalue weighted by atomic mass is 10.1. The van der Waals surface area contributed by atoms with Crippen molar-refractivity contribution in [2.45, 2.75) is 25.7 Å². The second-order valence-corrected chi connectivity index (χ2v) is 5.44. The van der Waals surface area contributed by atoms with E-state index in [2.05, 4.69) is 6.07 Å². The quantitative estimate of drug-likeness (QED) is 0.880. The van der Waals surface area contributed by atoms with Crippen molar-refractivity contribution in [1.82, 2.24) is 0 Å². The van der Waals surface area contributed by atoms with Gasteiger partial charge in [0.15, 0.2) is 0 Å². The van der Waals surface area contributed by atoms with Crippen LogP contribution in [0.25, 0.3) is 0 Å². The standard InChI is InChI=1S/C15H19NO2S/c1-11(16)15(14-7-4-8-19-14)18-10-12-5-3-6-13(9-12)17-2/h3-9,11,15H,10,16H2,1-2H3. The van der Waals surface area contributed by atoms with Crippen LogP contribution in [0.4, 0.5) is 0 Å². The number of hydrogen-bond donors (Lipinski definition) is 1. The van der Waals surface area contributed by atoms with Crippen LogP contribution in [-0.4, -0.2) is 13.2 Å².